The van der Waals surface area contributed by atoms with Gasteiger partial charge in [0.05, 0.1) is 0 Å². The molecule has 0 saturated heterocycles. The van der Waals surface area contributed by atoms with Crippen molar-refractivity contribution in [1.82, 2.24) is 5.32 Å². The first-order chi connectivity index (χ1) is 6.90. The Morgan fingerprint density at radius 3 is 2.47 bits per heavy atom. The Bertz CT molecular complexity index is 213. The summed E-state index contributed by atoms with van der Waals surface area (Å²) in [5, 5.41) is 3.04. The Morgan fingerprint density at radius 2 is 2.00 bits per heavy atom. The van der Waals surface area contributed by atoms with Gasteiger partial charge in [0.15, 0.2) is 0 Å². The van der Waals surface area contributed by atoms with Crippen molar-refractivity contribution < 1.29 is 4.79 Å². The van der Waals surface area contributed by atoms with E-state index in [0.29, 0.717) is 11.3 Å². The van der Waals surface area contributed by atoms with Gasteiger partial charge in [-0.05, 0) is 37.0 Å². The third kappa shape index (κ3) is 5.19. The molecule has 1 aliphatic rings. The topological polar surface area (TPSA) is 29.1 Å². The Balaban J connectivity index is 2.06. The van der Waals surface area contributed by atoms with E-state index in [9.17, 15) is 4.79 Å². The van der Waals surface area contributed by atoms with Crippen LogP contribution in [0.2, 0.25) is 0 Å². The largest absolute Gasteiger partial charge is 0.356 e. The van der Waals surface area contributed by atoms with Crippen LogP contribution in [0.3, 0.4) is 0 Å². The molecule has 1 N–H and O–H groups in total. The van der Waals surface area contributed by atoms with E-state index < -0.39 is 0 Å². The average molecular weight is 211 g/mol. The summed E-state index contributed by atoms with van der Waals surface area (Å²) in [5.74, 6) is 1.17. The van der Waals surface area contributed by atoms with Crippen LogP contribution in [0.25, 0.3) is 0 Å². The highest BCUT2D eigenvalue weighted by Crippen LogP contribution is 2.36. The molecule has 0 aromatic heterocycles. The zero-order valence-electron chi connectivity index (χ0n) is 10.6. The molecule has 0 radical (unpaired) electrons. The third-order valence-corrected chi connectivity index (χ3v) is 3.15. The maximum atomic E-state index is 11.6. The minimum atomic E-state index is 0.236. The first kappa shape index (κ1) is 12.5. The molecule has 0 aromatic rings. The van der Waals surface area contributed by atoms with E-state index in [2.05, 4.69) is 33.0 Å². The van der Waals surface area contributed by atoms with Crippen molar-refractivity contribution in [3.8, 4) is 0 Å². The highest BCUT2D eigenvalue weighted by atomic mass is 16.1. The molecule has 0 aromatic carbocycles. The Hall–Kier alpha value is -0.530. The summed E-state index contributed by atoms with van der Waals surface area (Å²) in [4.78, 5) is 11.6. The lowest BCUT2D eigenvalue weighted by atomic mass is 9.90. The molecule has 2 nitrogen and oxygen atoms in total. The number of rotatable bonds is 5. The SMILES string of the molecule is CC(C(=O)NCCCC(C)(C)C)C1CC1. The number of hydrogen-bond acceptors (Lipinski definition) is 1. The predicted octanol–water partition coefficient (Wildman–Crippen LogP) is 2.98. The molecule has 1 unspecified atom stereocenters. The van der Waals surface area contributed by atoms with Gasteiger partial charge in [-0.15, -0.1) is 0 Å². The predicted molar refractivity (Wildman–Crippen MR) is 63.6 cm³/mol. The van der Waals surface area contributed by atoms with Gasteiger partial charge in [0.2, 0.25) is 5.91 Å². The molecule has 1 aliphatic carbocycles. The van der Waals surface area contributed by atoms with Crippen molar-refractivity contribution in [3.05, 3.63) is 0 Å². The molecule has 1 fully saturated rings. The van der Waals surface area contributed by atoms with Gasteiger partial charge in [-0.1, -0.05) is 27.7 Å². The Kier molecular flexibility index (Phi) is 4.18. The van der Waals surface area contributed by atoms with Gasteiger partial charge >= 0.3 is 0 Å². The zero-order chi connectivity index (χ0) is 11.5. The molecule has 0 aliphatic heterocycles. The molecule has 88 valence electrons. The van der Waals surface area contributed by atoms with Crippen molar-refractivity contribution in [2.75, 3.05) is 6.54 Å². The maximum absolute atomic E-state index is 11.6. The van der Waals surface area contributed by atoms with Gasteiger partial charge in [0.25, 0.3) is 0 Å². The molecule has 1 atom stereocenters. The van der Waals surface area contributed by atoms with Crippen LogP contribution < -0.4 is 5.32 Å². The van der Waals surface area contributed by atoms with Crippen molar-refractivity contribution in [2.45, 2.75) is 53.4 Å². The fourth-order valence-electron chi connectivity index (χ4n) is 1.80. The first-order valence-corrected chi connectivity index (χ1v) is 6.18. The molecule has 1 amide bonds. The summed E-state index contributed by atoms with van der Waals surface area (Å²) in [6.07, 6.45) is 4.75. The van der Waals surface area contributed by atoms with Crippen molar-refractivity contribution in [1.29, 1.82) is 0 Å². The minimum absolute atomic E-state index is 0.236. The molecule has 0 heterocycles. The smallest absolute Gasteiger partial charge is 0.223 e. The lowest BCUT2D eigenvalue weighted by Crippen LogP contribution is -2.31. The van der Waals surface area contributed by atoms with E-state index in [4.69, 9.17) is 0 Å². The van der Waals surface area contributed by atoms with Crippen LogP contribution in [-0.4, -0.2) is 12.5 Å². The molecule has 15 heavy (non-hydrogen) atoms. The second-order valence-electron chi connectivity index (χ2n) is 6.08. The highest BCUT2D eigenvalue weighted by Gasteiger charge is 2.32. The lowest BCUT2D eigenvalue weighted by molar-refractivity contribution is -0.125. The van der Waals surface area contributed by atoms with Crippen LogP contribution >= 0.6 is 0 Å². The summed E-state index contributed by atoms with van der Waals surface area (Å²) in [6.45, 7) is 9.61. The fourth-order valence-corrected chi connectivity index (χ4v) is 1.80. The monoisotopic (exact) mass is 211 g/mol. The van der Waals surface area contributed by atoms with Crippen LogP contribution in [0.1, 0.15) is 53.4 Å². The fraction of sp³-hybridized carbons (Fsp3) is 0.923. The lowest BCUT2D eigenvalue weighted by Gasteiger charge is -2.18. The number of carbonyl (C=O) groups is 1. The van der Waals surface area contributed by atoms with Crippen LogP contribution in [0, 0.1) is 17.3 Å². The van der Waals surface area contributed by atoms with Crippen molar-refractivity contribution in [3.63, 3.8) is 0 Å². The second kappa shape index (κ2) is 5.00. The summed E-state index contributed by atoms with van der Waals surface area (Å²) >= 11 is 0. The van der Waals surface area contributed by atoms with E-state index in [1.807, 2.05) is 0 Å². The number of carbonyl (C=O) groups excluding carboxylic acids is 1. The Labute approximate surface area is 93.8 Å². The van der Waals surface area contributed by atoms with Crippen LogP contribution in [-0.2, 0) is 4.79 Å². The van der Waals surface area contributed by atoms with Crippen molar-refractivity contribution >= 4 is 5.91 Å². The van der Waals surface area contributed by atoms with Crippen LogP contribution in [0.5, 0.6) is 0 Å². The summed E-state index contributed by atoms with van der Waals surface area (Å²) in [6, 6.07) is 0. The van der Waals surface area contributed by atoms with Gasteiger partial charge in [-0.2, -0.15) is 0 Å². The molecule has 0 bridgehead atoms. The molecular formula is C13H25NO. The molecule has 2 heteroatoms. The quantitative estimate of drug-likeness (QED) is 0.696. The average Bonchev–Trinajstić information content (AvgIpc) is 2.92. The van der Waals surface area contributed by atoms with E-state index in [-0.39, 0.29) is 11.8 Å². The Morgan fingerprint density at radius 1 is 1.40 bits per heavy atom. The molecule has 1 saturated carbocycles. The van der Waals surface area contributed by atoms with Gasteiger partial charge in [0.1, 0.15) is 0 Å². The van der Waals surface area contributed by atoms with Crippen LogP contribution in [0.15, 0.2) is 0 Å². The maximum Gasteiger partial charge on any atom is 0.223 e. The van der Waals surface area contributed by atoms with E-state index in [1.165, 1.54) is 19.3 Å². The molecular weight excluding hydrogens is 186 g/mol. The summed E-state index contributed by atoms with van der Waals surface area (Å²) in [5.41, 5.74) is 0.382. The zero-order valence-corrected chi connectivity index (χ0v) is 10.6. The van der Waals surface area contributed by atoms with E-state index in [1.54, 1.807) is 0 Å². The number of amides is 1. The van der Waals surface area contributed by atoms with Gasteiger partial charge in [-0.25, -0.2) is 0 Å². The standard InChI is InChI=1S/C13H25NO/c1-10(11-6-7-11)12(15)14-9-5-8-13(2,3)4/h10-11H,5-9H2,1-4H3,(H,14,15). The normalized spacial score (nSPS) is 18.7. The van der Waals surface area contributed by atoms with Gasteiger partial charge < -0.3 is 5.32 Å². The summed E-state index contributed by atoms with van der Waals surface area (Å²) < 4.78 is 0. The third-order valence-electron chi connectivity index (χ3n) is 3.15. The highest BCUT2D eigenvalue weighted by molar-refractivity contribution is 5.78. The molecule has 0 spiro atoms. The van der Waals surface area contributed by atoms with Crippen molar-refractivity contribution in [2.24, 2.45) is 17.3 Å². The first-order valence-electron chi connectivity index (χ1n) is 6.18. The number of hydrogen-bond donors (Lipinski definition) is 1. The van der Waals surface area contributed by atoms with Gasteiger partial charge in [0, 0.05) is 12.5 Å². The van der Waals surface area contributed by atoms with E-state index >= 15 is 0 Å². The van der Waals surface area contributed by atoms with Crippen LogP contribution in [0.4, 0.5) is 0 Å². The van der Waals surface area contributed by atoms with E-state index in [0.717, 1.165) is 13.0 Å². The number of nitrogens with one attached hydrogen (secondary N) is 1. The minimum Gasteiger partial charge on any atom is -0.356 e. The second-order valence-corrected chi connectivity index (χ2v) is 6.08. The molecule has 1 rings (SSSR count). The summed E-state index contributed by atoms with van der Waals surface area (Å²) in [7, 11) is 0. The van der Waals surface area contributed by atoms with Gasteiger partial charge in [-0.3, -0.25) is 4.79 Å².